The fourth-order valence-electron chi connectivity index (χ4n) is 5.07. The zero-order chi connectivity index (χ0) is 31.5. The monoisotopic (exact) mass is 616 g/mol. The second kappa shape index (κ2) is 12.8. The molecular weight excluding hydrogens is 588 g/mol. The number of amides is 1. The molecule has 0 radical (unpaired) electrons. The number of benzene rings is 2. The highest BCUT2D eigenvalue weighted by atomic mass is 19.3. The van der Waals surface area contributed by atoms with Gasteiger partial charge in [-0.15, -0.1) is 0 Å². The highest BCUT2D eigenvalue weighted by Gasteiger charge is 2.29. The number of rotatable bonds is 9. The van der Waals surface area contributed by atoms with E-state index in [1.165, 1.54) is 44.1 Å². The van der Waals surface area contributed by atoms with Crippen LogP contribution in [0.2, 0.25) is 0 Å². The number of alkyl halides is 2. The molecule has 1 aliphatic heterocycles. The number of halogens is 4. The Morgan fingerprint density at radius 2 is 1.59 bits per heavy atom. The average Bonchev–Trinajstić information content (AvgIpc) is 3.25. The van der Waals surface area contributed by atoms with Crippen LogP contribution in [0.4, 0.5) is 23.2 Å². The summed E-state index contributed by atoms with van der Waals surface area (Å²) in [6, 6.07) is 9.82. The summed E-state index contributed by atoms with van der Waals surface area (Å²) in [6.07, 6.45) is 1.38. The number of pyridine rings is 1. The highest BCUT2D eigenvalue weighted by molar-refractivity contribution is 6.06. The Morgan fingerprint density at radius 1 is 0.977 bits per heavy atom. The van der Waals surface area contributed by atoms with Gasteiger partial charge in [0, 0.05) is 61.7 Å². The van der Waals surface area contributed by atoms with Crippen molar-refractivity contribution in [2.24, 2.45) is 7.05 Å². The lowest BCUT2D eigenvalue weighted by Gasteiger charge is -2.22. The van der Waals surface area contributed by atoms with Crippen LogP contribution in [0.5, 0.6) is 17.2 Å². The van der Waals surface area contributed by atoms with Gasteiger partial charge in [-0.05, 0) is 37.1 Å². The van der Waals surface area contributed by atoms with Gasteiger partial charge in [0.15, 0.2) is 5.82 Å². The Labute approximate surface area is 248 Å². The number of carbonyl (C=O) groups is 1. The molecule has 14 heteroatoms. The molecule has 4 aromatic rings. The van der Waals surface area contributed by atoms with Crippen molar-refractivity contribution in [3.8, 4) is 34.3 Å². The molecule has 2 aromatic carbocycles. The maximum Gasteiger partial charge on any atom is 0.387 e. The first-order chi connectivity index (χ1) is 21.1. The number of carbonyl (C=O) groups excluding carboxylic acids is 1. The molecule has 1 aliphatic rings. The lowest BCUT2D eigenvalue weighted by Crippen LogP contribution is -2.24. The topological polar surface area (TPSA) is 106 Å². The third-order valence-electron chi connectivity index (χ3n) is 7.23. The molecule has 3 heterocycles. The Kier molecular flexibility index (Phi) is 8.90. The summed E-state index contributed by atoms with van der Waals surface area (Å²) < 4.78 is 78.5. The second-order valence-electron chi connectivity index (χ2n) is 9.86. The Morgan fingerprint density at radius 3 is 2.18 bits per heavy atom. The molecule has 0 unspecified atom stereocenters. The van der Waals surface area contributed by atoms with Crippen molar-refractivity contribution in [1.82, 2.24) is 14.3 Å². The molecule has 2 aromatic heterocycles. The van der Waals surface area contributed by atoms with Crippen LogP contribution in [-0.4, -0.2) is 54.3 Å². The van der Waals surface area contributed by atoms with Crippen LogP contribution in [-0.2, 0) is 11.8 Å². The minimum atomic E-state index is -3.06. The molecule has 0 saturated carbocycles. The van der Waals surface area contributed by atoms with E-state index in [9.17, 15) is 18.4 Å². The van der Waals surface area contributed by atoms with Crippen molar-refractivity contribution in [1.29, 1.82) is 0 Å². The standard InChI is InChI=1S/C30H28F4N4O6/c1-37-27(25-21(31)12-19(41-2)13-22(25)32)26(36-28(39)17-4-6-18(7-5-17)44-30(33)34)29(40)38(37)24-15-20(42-3)14-23(35-24)16-8-10-43-11-9-16/h4-7,12-16,30H,8-11H2,1-3H3,(H,36,39). The maximum atomic E-state index is 15.4. The van der Waals surface area contributed by atoms with E-state index in [1.807, 2.05) is 0 Å². The lowest BCUT2D eigenvalue weighted by atomic mass is 9.96. The van der Waals surface area contributed by atoms with Crippen LogP contribution in [0.15, 0.2) is 53.3 Å². The predicted octanol–water partition coefficient (Wildman–Crippen LogP) is 5.28. The number of methoxy groups -OCH3 is 2. The summed E-state index contributed by atoms with van der Waals surface area (Å²) in [7, 11) is 4.09. The van der Waals surface area contributed by atoms with Gasteiger partial charge in [-0.1, -0.05) is 0 Å². The first-order valence-corrected chi connectivity index (χ1v) is 13.5. The van der Waals surface area contributed by atoms with Crippen molar-refractivity contribution in [2.75, 3.05) is 32.8 Å². The summed E-state index contributed by atoms with van der Waals surface area (Å²) in [5.41, 5.74) is -1.60. The van der Waals surface area contributed by atoms with Gasteiger partial charge in [0.1, 0.15) is 40.3 Å². The van der Waals surface area contributed by atoms with E-state index < -0.39 is 41.0 Å². The van der Waals surface area contributed by atoms with E-state index in [1.54, 1.807) is 6.07 Å². The predicted molar refractivity (Wildman–Crippen MR) is 151 cm³/mol. The van der Waals surface area contributed by atoms with Crippen LogP contribution < -0.4 is 25.1 Å². The number of aromatic nitrogens is 3. The third kappa shape index (κ3) is 6.11. The van der Waals surface area contributed by atoms with Crippen LogP contribution in [0.3, 0.4) is 0 Å². The largest absolute Gasteiger partial charge is 0.497 e. The van der Waals surface area contributed by atoms with Crippen molar-refractivity contribution >= 4 is 11.6 Å². The molecule has 1 N–H and O–H groups in total. The summed E-state index contributed by atoms with van der Waals surface area (Å²) in [6.45, 7) is -1.99. The average molecular weight is 617 g/mol. The van der Waals surface area contributed by atoms with E-state index in [2.05, 4.69) is 10.1 Å². The number of nitrogens with zero attached hydrogens (tertiary/aromatic N) is 3. The Bertz CT molecular complexity index is 1710. The number of ether oxygens (including phenoxy) is 4. The van der Waals surface area contributed by atoms with E-state index in [0.29, 0.717) is 37.5 Å². The fraction of sp³-hybridized carbons (Fsp3) is 0.300. The highest BCUT2D eigenvalue weighted by Crippen LogP contribution is 2.35. The van der Waals surface area contributed by atoms with Gasteiger partial charge in [-0.3, -0.25) is 14.3 Å². The van der Waals surface area contributed by atoms with Gasteiger partial charge >= 0.3 is 6.61 Å². The quantitative estimate of drug-likeness (QED) is 0.255. The lowest BCUT2D eigenvalue weighted by molar-refractivity contribution is -0.0498. The number of hydrogen-bond donors (Lipinski definition) is 1. The van der Waals surface area contributed by atoms with Crippen LogP contribution in [0, 0.1) is 11.6 Å². The summed E-state index contributed by atoms with van der Waals surface area (Å²) in [5.74, 6) is -2.75. The number of anilines is 1. The van der Waals surface area contributed by atoms with Crippen molar-refractivity contribution in [3.05, 3.63) is 81.8 Å². The van der Waals surface area contributed by atoms with Crippen molar-refractivity contribution < 1.29 is 41.3 Å². The Balaban J connectivity index is 1.66. The van der Waals surface area contributed by atoms with Gasteiger partial charge in [0.2, 0.25) is 0 Å². The number of nitrogens with one attached hydrogen (secondary N) is 1. The molecule has 44 heavy (non-hydrogen) atoms. The fourth-order valence-corrected chi connectivity index (χ4v) is 5.07. The molecule has 5 rings (SSSR count). The maximum absolute atomic E-state index is 15.4. The molecule has 0 spiro atoms. The zero-order valence-electron chi connectivity index (χ0n) is 23.9. The van der Waals surface area contributed by atoms with E-state index in [4.69, 9.17) is 19.2 Å². The van der Waals surface area contributed by atoms with Crippen molar-refractivity contribution in [3.63, 3.8) is 0 Å². The van der Waals surface area contributed by atoms with Crippen LogP contribution in [0.1, 0.15) is 34.8 Å². The third-order valence-corrected chi connectivity index (χ3v) is 7.23. The molecule has 1 amide bonds. The van der Waals surface area contributed by atoms with E-state index >= 15 is 8.78 Å². The first-order valence-electron chi connectivity index (χ1n) is 13.5. The second-order valence-corrected chi connectivity index (χ2v) is 9.86. The first kappa shape index (κ1) is 30.6. The van der Waals surface area contributed by atoms with Crippen LogP contribution in [0.25, 0.3) is 17.1 Å². The summed E-state index contributed by atoms with van der Waals surface area (Å²) in [4.78, 5) is 32.0. The van der Waals surface area contributed by atoms with Gasteiger partial charge in [-0.2, -0.15) is 13.5 Å². The molecule has 232 valence electrons. The molecule has 0 atom stereocenters. The van der Waals surface area contributed by atoms with E-state index in [-0.39, 0.29) is 34.5 Å². The van der Waals surface area contributed by atoms with Gasteiger partial charge in [0.25, 0.3) is 11.5 Å². The molecule has 10 nitrogen and oxygen atoms in total. The normalized spacial score (nSPS) is 13.6. The van der Waals surface area contributed by atoms with E-state index in [0.717, 1.165) is 28.9 Å². The summed E-state index contributed by atoms with van der Waals surface area (Å²) in [5, 5.41) is 2.45. The zero-order valence-corrected chi connectivity index (χ0v) is 23.9. The minimum absolute atomic E-state index is 0.0145. The van der Waals surface area contributed by atoms with Crippen molar-refractivity contribution in [2.45, 2.75) is 25.4 Å². The van der Waals surface area contributed by atoms with Gasteiger partial charge < -0.3 is 24.3 Å². The molecule has 1 saturated heterocycles. The van der Waals surface area contributed by atoms with Gasteiger partial charge in [0.05, 0.1) is 19.8 Å². The molecule has 0 aliphatic carbocycles. The molecule has 1 fully saturated rings. The molecule has 0 bridgehead atoms. The van der Waals surface area contributed by atoms with Crippen LogP contribution >= 0.6 is 0 Å². The Hall–Kier alpha value is -4.85. The smallest absolute Gasteiger partial charge is 0.387 e. The SMILES string of the molecule is COc1cc(C2CCOCC2)nc(-n2c(=O)c(NC(=O)c3ccc(OC(F)F)cc3)c(-c3c(F)cc(OC)cc3F)n2C)c1. The minimum Gasteiger partial charge on any atom is -0.497 e. The summed E-state index contributed by atoms with van der Waals surface area (Å²) >= 11 is 0. The molecular formula is C30H28F4N4O6. The number of hydrogen-bond acceptors (Lipinski definition) is 7. The van der Waals surface area contributed by atoms with Gasteiger partial charge in [-0.25, -0.2) is 13.8 Å².